The molecule has 7 nitrogen and oxygen atoms in total. The van der Waals surface area contributed by atoms with Crippen molar-refractivity contribution in [2.75, 3.05) is 25.2 Å². The quantitative estimate of drug-likeness (QED) is 0.559. The number of ether oxygens (including phenoxy) is 1. The van der Waals surface area contributed by atoms with Crippen LogP contribution in [0.3, 0.4) is 0 Å². The summed E-state index contributed by atoms with van der Waals surface area (Å²) in [5, 5.41) is 14.5. The minimum atomic E-state index is -4.29. The number of aliphatic hydroxyl groups is 1. The van der Waals surface area contributed by atoms with Gasteiger partial charge >= 0.3 is 12.3 Å². The molecule has 0 aliphatic carbocycles. The molecule has 2 aliphatic rings. The van der Waals surface area contributed by atoms with Gasteiger partial charge in [-0.3, -0.25) is 9.58 Å². The van der Waals surface area contributed by atoms with E-state index in [4.69, 9.17) is 4.74 Å². The summed E-state index contributed by atoms with van der Waals surface area (Å²) in [5.41, 5.74) is 0.247. The van der Waals surface area contributed by atoms with Crippen molar-refractivity contribution in [1.82, 2.24) is 14.7 Å². The van der Waals surface area contributed by atoms with Gasteiger partial charge in [0.15, 0.2) is 0 Å². The molecule has 1 spiro atoms. The summed E-state index contributed by atoms with van der Waals surface area (Å²) in [6.07, 6.45) is 0.598. The molecule has 0 radical (unpaired) electrons. The van der Waals surface area contributed by atoms with Gasteiger partial charge in [0, 0.05) is 47.6 Å². The van der Waals surface area contributed by atoms with Crippen LogP contribution in [0.2, 0.25) is 0 Å². The van der Waals surface area contributed by atoms with Crippen molar-refractivity contribution in [3.8, 4) is 0 Å². The summed E-state index contributed by atoms with van der Waals surface area (Å²) >= 11 is 0.602. The van der Waals surface area contributed by atoms with E-state index in [0.29, 0.717) is 42.1 Å². The molecule has 2 aromatic heterocycles. The van der Waals surface area contributed by atoms with E-state index in [2.05, 4.69) is 10.00 Å². The molecule has 0 amide bonds. The van der Waals surface area contributed by atoms with Crippen molar-refractivity contribution in [2.24, 2.45) is 0 Å². The fourth-order valence-corrected chi connectivity index (χ4v) is 6.50. The fourth-order valence-electron chi connectivity index (χ4n) is 4.60. The Bertz CT molecular complexity index is 1140. The maximum absolute atomic E-state index is 14.0. The molecule has 1 unspecified atom stereocenters. The smallest absolute Gasteiger partial charge is 0.341 e. The Morgan fingerprint density at radius 1 is 1.41 bits per heavy atom. The van der Waals surface area contributed by atoms with Crippen LogP contribution in [0.4, 0.5) is 17.6 Å². The molecule has 1 saturated heterocycles. The van der Waals surface area contributed by atoms with Gasteiger partial charge in [-0.25, -0.2) is 17.2 Å². The highest BCUT2D eigenvalue weighted by molar-refractivity contribution is 7.90. The zero-order chi connectivity index (χ0) is 24.9. The number of likely N-dealkylation sites (tertiary alicyclic amines) is 1. The van der Waals surface area contributed by atoms with Gasteiger partial charge < -0.3 is 9.84 Å². The van der Waals surface area contributed by atoms with Gasteiger partial charge in [-0.2, -0.15) is 13.9 Å². The van der Waals surface area contributed by atoms with E-state index >= 15 is 0 Å². The van der Waals surface area contributed by atoms with Crippen LogP contribution in [0.1, 0.15) is 46.8 Å². The largest absolute Gasteiger partial charge is 0.386 e. The molecule has 1 fully saturated rings. The van der Waals surface area contributed by atoms with Gasteiger partial charge in [-0.05, 0) is 25.8 Å². The predicted molar refractivity (Wildman–Crippen MR) is 118 cm³/mol. The van der Waals surface area contributed by atoms with Gasteiger partial charge in [0.2, 0.25) is 0 Å². The summed E-state index contributed by atoms with van der Waals surface area (Å²) in [7, 11) is -3.10. The number of aliphatic hydroxyl groups excluding tert-OH is 1. The molecule has 2 aromatic rings. The number of aromatic nitrogens is 2. The molecule has 190 valence electrons. The maximum atomic E-state index is 14.0. The highest BCUT2D eigenvalue weighted by atomic mass is 32.2. The molecule has 0 saturated carbocycles. The number of alkyl halides is 4. The minimum absolute atomic E-state index is 0.00428. The number of aryl methyl sites for hydroxylation is 1. The molecule has 4 rings (SSSR count). The van der Waals surface area contributed by atoms with Crippen molar-refractivity contribution in [3.05, 3.63) is 39.3 Å². The number of thiophene rings is 1. The van der Waals surface area contributed by atoms with Crippen molar-refractivity contribution in [3.63, 3.8) is 0 Å². The van der Waals surface area contributed by atoms with Crippen LogP contribution >= 0.6 is 11.3 Å². The second-order valence-electron chi connectivity index (χ2n) is 9.16. The Kier molecular flexibility index (Phi) is 6.88. The topological polar surface area (TPSA) is 84.7 Å². The van der Waals surface area contributed by atoms with E-state index in [0.717, 1.165) is 11.6 Å². The predicted octanol–water partition coefficient (Wildman–Crippen LogP) is 3.29. The first kappa shape index (κ1) is 25.5. The number of piperidine rings is 1. The highest BCUT2D eigenvalue weighted by Gasteiger charge is 2.50. The number of rotatable bonds is 7. The number of sulfone groups is 1. The molecular weight excluding hydrogens is 498 g/mol. The second-order valence-corrected chi connectivity index (χ2v) is 12.5. The highest BCUT2D eigenvalue weighted by Crippen LogP contribution is 2.52. The van der Waals surface area contributed by atoms with Crippen LogP contribution < -0.4 is 0 Å². The van der Waals surface area contributed by atoms with Crippen LogP contribution in [0, 0.1) is 0 Å². The lowest BCUT2D eigenvalue weighted by molar-refractivity contribution is -0.139. The maximum Gasteiger partial charge on any atom is 0.341 e. The van der Waals surface area contributed by atoms with Crippen molar-refractivity contribution < 1.29 is 35.8 Å². The van der Waals surface area contributed by atoms with Gasteiger partial charge in [0.05, 0.1) is 30.0 Å². The molecule has 34 heavy (non-hydrogen) atoms. The monoisotopic (exact) mass is 525 g/mol. The first-order valence-corrected chi connectivity index (χ1v) is 13.7. The van der Waals surface area contributed by atoms with Crippen molar-refractivity contribution >= 4 is 21.2 Å². The van der Waals surface area contributed by atoms with Crippen molar-refractivity contribution in [1.29, 1.82) is 0 Å². The van der Waals surface area contributed by atoms with Gasteiger partial charge in [-0.15, -0.1) is 11.3 Å². The summed E-state index contributed by atoms with van der Waals surface area (Å²) in [4.78, 5) is 1.83. The molecule has 0 bridgehead atoms. The molecule has 0 aromatic carbocycles. The third-order valence-corrected chi connectivity index (χ3v) is 8.81. The second kappa shape index (κ2) is 9.16. The standard InChI is InChI=1S/C21H27F4N3O4S2/c1-13-8-20(3-4-27(13)10-14-9-26-28(11-14)5-6-34(2,30)31)18-15(16(29)12-32-20)7-17(33-18)21(24,25)19(22)23/h7,9,11,13,16,19,29H,3-6,8,10,12H2,1-2H3/t13-,16?,20+/m0/s1. The van der Waals surface area contributed by atoms with E-state index in [1.165, 1.54) is 6.26 Å². The molecule has 1 N–H and O–H groups in total. The van der Waals surface area contributed by atoms with Crippen molar-refractivity contribution in [2.45, 2.75) is 62.9 Å². The number of hydrogen-bond donors (Lipinski definition) is 1. The Balaban J connectivity index is 1.49. The van der Waals surface area contributed by atoms with Crippen LogP contribution in [0.25, 0.3) is 0 Å². The number of fused-ring (bicyclic) bond motifs is 2. The van der Waals surface area contributed by atoms with E-state index in [1.807, 2.05) is 6.92 Å². The van der Waals surface area contributed by atoms with E-state index in [-0.39, 0.29) is 30.5 Å². The summed E-state index contributed by atoms with van der Waals surface area (Å²) in [5.74, 6) is -4.29. The van der Waals surface area contributed by atoms with E-state index in [1.54, 1.807) is 17.1 Å². The third-order valence-electron chi connectivity index (χ3n) is 6.47. The molecule has 2 aliphatic heterocycles. The fraction of sp³-hybridized carbons (Fsp3) is 0.667. The summed E-state index contributed by atoms with van der Waals surface area (Å²) < 4.78 is 84.3. The summed E-state index contributed by atoms with van der Waals surface area (Å²) in [6, 6.07) is 0.973. The molecule has 13 heteroatoms. The lowest BCUT2D eigenvalue weighted by atomic mass is 9.81. The Labute approximate surface area is 199 Å². The van der Waals surface area contributed by atoms with Gasteiger partial charge in [0.1, 0.15) is 21.5 Å². The Morgan fingerprint density at radius 3 is 2.79 bits per heavy atom. The average molecular weight is 526 g/mol. The average Bonchev–Trinajstić information content (AvgIpc) is 3.39. The molecule has 3 atom stereocenters. The van der Waals surface area contributed by atoms with Gasteiger partial charge in [-0.1, -0.05) is 0 Å². The minimum Gasteiger partial charge on any atom is -0.386 e. The van der Waals surface area contributed by atoms with Gasteiger partial charge in [0.25, 0.3) is 0 Å². The number of nitrogens with zero attached hydrogens (tertiary/aromatic N) is 3. The molecule has 4 heterocycles. The zero-order valence-corrected chi connectivity index (χ0v) is 20.4. The lowest BCUT2D eigenvalue weighted by Crippen LogP contribution is -2.50. The summed E-state index contributed by atoms with van der Waals surface area (Å²) in [6.45, 7) is 3.28. The van der Waals surface area contributed by atoms with E-state index < -0.39 is 38.8 Å². The SMILES string of the molecule is C[C@H]1C[C@@]2(CCN1Cc1cnn(CCS(C)(=O)=O)c1)OCC(O)c1cc(C(F)(F)C(F)F)sc12. The first-order valence-electron chi connectivity index (χ1n) is 10.9. The van der Waals surface area contributed by atoms with Crippen LogP contribution in [-0.4, -0.2) is 65.8 Å². The Morgan fingerprint density at radius 2 is 2.15 bits per heavy atom. The zero-order valence-electron chi connectivity index (χ0n) is 18.8. The number of hydrogen-bond acceptors (Lipinski definition) is 7. The third kappa shape index (κ3) is 5.03. The van der Waals surface area contributed by atoms with E-state index in [9.17, 15) is 31.1 Å². The Hall–Kier alpha value is -1.54. The van der Waals surface area contributed by atoms with Crippen LogP contribution in [-0.2, 0) is 39.2 Å². The lowest BCUT2D eigenvalue weighted by Gasteiger charge is -2.47. The van der Waals surface area contributed by atoms with Crippen LogP contribution in [0.15, 0.2) is 18.5 Å². The molecular formula is C21H27F4N3O4S2. The number of halogens is 4. The van der Waals surface area contributed by atoms with Crippen LogP contribution in [0.5, 0.6) is 0 Å². The normalized spacial score (nSPS) is 26.4. The first-order chi connectivity index (χ1) is 15.8.